The molecule has 0 aromatic rings. The quantitative estimate of drug-likeness (QED) is 0.593. The highest BCUT2D eigenvalue weighted by atomic mass is 16.1. The summed E-state index contributed by atoms with van der Waals surface area (Å²) >= 11 is 0. The number of hydrogen-bond donors (Lipinski definition) is 2. The first kappa shape index (κ1) is 14.3. The van der Waals surface area contributed by atoms with Crippen LogP contribution < -0.4 is 11.1 Å². The molecule has 20 heavy (non-hydrogen) atoms. The minimum absolute atomic E-state index is 0.0738. The molecule has 2 aliphatic carbocycles. The molecular weight excluding hydrogens is 252 g/mol. The van der Waals surface area contributed by atoms with Gasteiger partial charge in [0.05, 0.1) is 11.6 Å². The Balaban J connectivity index is 2.07. The first-order valence-corrected chi connectivity index (χ1v) is 6.72. The van der Waals surface area contributed by atoms with Crippen LogP contribution in [0, 0.1) is 5.41 Å². The fourth-order valence-corrected chi connectivity index (χ4v) is 2.35. The van der Waals surface area contributed by atoms with E-state index in [4.69, 9.17) is 5.73 Å². The predicted molar refractivity (Wildman–Crippen MR) is 78.6 cm³/mol. The van der Waals surface area contributed by atoms with Gasteiger partial charge in [0.15, 0.2) is 11.6 Å². The van der Waals surface area contributed by atoms with Crippen LogP contribution in [0.25, 0.3) is 0 Å². The van der Waals surface area contributed by atoms with Gasteiger partial charge in [-0.25, -0.2) is 0 Å². The van der Waals surface area contributed by atoms with Crippen LogP contribution in [0.15, 0.2) is 47.9 Å². The molecule has 0 radical (unpaired) electrons. The first-order valence-electron chi connectivity index (χ1n) is 6.72. The Morgan fingerprint density at radius 3 is 2.55 bits per heavy atom. The maximum absolute atomic E-state index is 12.0. The molecule has 106 valence electrons. The highest BCUT2D eigenvalue weighted by molar-refractivity contribution is 6.22. The summed E-state index contributed by atoms with van der Waals surface area (Å²) in [6.07, 6.45) is 11.6. The number of ketones is 2. The normalized spacial score (nSPS) is 25.2. The molecule has 1 unspecified atom stereocenters. The zero-order valence-corrected chi connectivity index (χ0v) is 11.8. The van der Waals surface area contributed by atoms with Crippen molar-refractivity contribution in [1.82, 2.24) is 5.32 Å². The predicted octanol–water partition coefficient (Wildman–Crippen LogP) is 1.76. The van der Waals surface area contributed by atoms with Crippen LogP contribution >= 0.6 is 0 Å². The molecule has 0 aromatic heterocycles. The van der Waals surface area contributed by atoms with Gasteiger partial charge in [-0.2, -0.15) is 0 Å². The topological polar surface area (TPSA) is 72.2 Å². The van der Waals surface area contributed by atoms with Crippen molar-refractivity contribution in [2.75, 3.05) is 0 Å². The minimum Gasteiger partial charge on any atom is -0.399 e. The number of allylic oxidation sites excluding steroid dienone is 4. The van der Waals surface area contributed by atoms with Gasteiger partial charge in [0.1, 0.15) is 0 Å². The van der Waals surface area contributed by atoms with Crippen LogP contribution in [0.4, 0.5) is 0 Å². The summed E-state index contributed by atoms with van der Waals surface area (Å²) in [7, 11) is 0. The summed E-state index contributed by atoms with van der Waals surface area (Å²) in [5, 5.41) is 3.07. The van der Waals surface area contributed by atoms with E-state index in [-0.39, 0.29) is 28.6 Å². The van der Waals surface area contributed by atoms with Crippen molar-refractivity contribution in [3.05, 3.63) is 47.9 Å². The first-order chi connectivity index (χ1) is 9.37. The lowest BCUT2D eigenvalue weighted by Crippen LogP contribution is -2.33. The average Bonchev–Trinajstić information content (AvgIpc) is 2.51. The van der Waals surface area contributed by atoms with Crippen molar-refractivity contribution in [3.63, 3.8) is 0 Å². The highest BCUT2D eigenvalue weighted by Crippen LogP contribution is 2.33. The number of carbonyl (C=O) groups excluding carboxylic acids is 2. The second-order valence-electron chi connectivity index (χ2n) is 6.03. The molecule has 1 fully saturated rings. The average molecular weight is 272 g/mol. The van der Waals surface area contributed by atoms with Crippen LogP contribution in [0.5, 0.6) is 0 Å². The Labute approximate surface area is 119 Å². The second kappa shape index (κ2) is 5.49. The lowest BCUT2D eigenvalue weighted by Gasteiger charge is -2.28. The Bertz CT molecular complexity index is 529. The zero-order valence-electron chi connectivity index (χ0n) is 11.8. The van der Waals surface area contributed by atoms with Crippen molar-refractivity contribution in [3.8, 4) is 0 Å². The van der Waals surface area contributed by atoms with Crippen molar-refractivity contribution >= 4 is 11.6 Å². The summed E-state index contributed by atoms with van der Waals surface area (Å²) < 4.78 is 0. The van der Waals surface area contributed by atoms with Crippen LogP contribution in [-0.4, -0.2) is 17.6 Å². The molecule has 4 nitrogen and oxygen atoms in total. The van der Waals surface area contributed by atoms with E-state index in [1.165, 1.54) is 0 Å². The van der Waals surface area contributed by atoms with E-state index >= 15 is 0 Å². The molecule has 2 aliphatic rings. The van der Waals surface area contributed by atoms with E-state index in [1.54, 1.807) is 18.4 Å². The number of Topliss-reactive ketones (excluding diaryl/α,β-unsaturated/α-hetero) is 2. The lowest BCUT2D eigenvalue weighted by atomic mass is 9.74. The molecular formula is C16H20N2O2. The van der Waals surface area contributed by atoms with Gasteiger partial charge in [-0.15, -0.1) is 0 Å². The summed E-state index contributed by atoms with van der Waals surface area (Å²) in [6, 6.07) is -0.0738. The van der Waals surface area contributed by atoms with Gasteiger partial charge < -0.3 is 11.1 Å². The van der Waals surface area contributed by atoms with Gasteiger partial charge in [0.25, 0.3) is 0 Å². The van der Waals surface area contributed by atoms with Crippen molar-refractivity contribution in [1.29, 1.82) is 0 Å². The number of hydrogen-bond acceptors (Lipinski definition) is 4. The molecule has 4 heteroatoms. The minimum atomic E-state index is -0.230. The van der Waals surface area contributed by atoms with E-state index < -0.39 is 0 Å². The zero-order chi connectivity index (χ0) is 14.8. The van der Waals surface area contributed by atoms with E-state index in [9.17, 15) is 9.59 Å². The Morgan fingerprint density at radius 2 is 1.90 bits per heavy atom. The third kappa shape index (κ3) is 3.47. The Kier molecular flexibility index (Phi) is 3.93. The molecule has 0 aliphatic heterocycles. The number of nitrogens with one attached hydrogen (secondary N) is 1. The van der Waals surface area contributed by atoms with Crippen molar-refractivity contribution in [2.24, 2.45) is 11.1 Å². The van der Waals surface area contributed by atoms with Crippen LogP contribution in [0.3, 0.4) is 0 Å². The third-order valence-corrected chi connectivity index (χ3v) is 3.40. The van der Waals surface area contributed by atoms with E-state index in [0.29, 0.717) is 18.5 Å². The fourth-order valence-electron chi connectivity index (χ4n) is 2.35. The Morgan fingerprint density at radius 1 is 1.25 bits per heavy atom. The molecule has 3 N–H and O–H groups in total. The monoisotopic (exact) mass is 272 g/mol. The fraction of sp³-hybridized carbons (Fsp3) is 0.375. The number of rotatable bonds is 2. The molecule has 0 saturated heterocycles. The van der Waals surface area contributed by atoms with Crippen LogP contribution in [-0.2, 0) is 9.59 Å². The van der Waals surface area contributed by atoms with E-state index in [2.05, 4.69) is 5.32 Å². The molecule has 0 heterocycles. The maximum atomic E-state index is 12.0. The summed E-state index contributed by atoms with van der Waals surface area (Å²) in [6.45, 7) is 3.89. The van der Waals surface area contributed by atoms with Gasteiger partial charge in [0, 0.05) is 24.7 Å². The second-order valence-corrected chi connectivity index (χ2v) is 6.03. The third-order valence-electron chi connectivity index (χ3n) is 3.40. The van der Waals surface area contributed by atoms with Crippen LogP contribution in [0.2, 0.25) is 0 Å². The highest BCUT2D eigenvalue weighted by Gasteiger charge is 2.35. The molecule has 1 atom stereocenters. The van der Waals surface area contributed by atoms with Gasteiger partial charge in [-0.3, -0.25) is 9.59 Å². The summed E-state index contributed by atoms with van der Waals surface area (Å²) in [4.78, 5) is 24.0. The van der Waals surface area contributed by atoms with E-state index in [1.807, 2.05) is 32.1 Å². The molecule has 0 spiro atoms. The lowest BCUT2D eigenvalue weighted by molar-refractivity contribution is -0.127. The largest absolute Gasteiger partial charge is 0.399 e. The standard InChI is InChI=1S/C16H20N2O2/c1-16(2)8-14(19)13(15(20)9-16)10-18-12-5-3-4-11(17)6-7-12/h3-7,10,12,18H,8-9,17H2,1-2H3. The van der Waals surface area contributed by atoms with Crippen molar-refractivity contribution < 1.29 is 9.59 Å². The van der Waals surface area contributed by atoms with Gasteiger partial charge >= 0.3 is 0 Å². The summed E-state index contributed by atoms with van der Waals surface area (Å²) in [5.74, 6) is -0.170. The van der Waals surface area contributed by atoms with Gasteiger partial charge in [-0.05, 0) is 17.6 Å². The number of carbonyl (C=O) groups is 2. The van der Waals surface area contributed by atoms with Gasteiger partial charge in [-0.1, -0.05) is 32.1 Å². The Hall–Kier alpha value is -2.10. The van der Waals surface area contributed by atoms with Crippen molar-refractivity contribution in [2.45, 2.75) is 32.7 Å². The SMILES string of the molecule is CC1(C)CC(=O)C(=CNC2C=CC=C(N)C=C2)C(=O)C1. The van der Waals surface area contributed by atoms with Crippen LogP contribution in [0.1, 0.15) is 26.7 Å². The number of nitrogens with two attached hydrogens (primary N) is 1. The molecule has 0 bridgehead atoms. The molecule has 2 rings (SSSR count). The maximum Gasteiger partial charge on any atom is 0.168 e. The molecule has 0 amide bonds. The smallest absolute Gasteiger partial charge is 0.168 e. The van der Waals surface area contributed by atoms with Gasteiger partial charge in [0.2, 0.25) is 0 Å². The summed E-state index contributed by atoms with van der Waals surface area (Å²) in [5.41, 5.74) is 6.40. The molecule has 1 saturated carbocycles. The molecule has 0 aromatic carbocycles. The van der Waals surface area contributed by atoms with E-state index in [0.717, 1.165) is 0 Å².